The van der Waals surface area contributed by atoms with Gasteiger partial charge in [0.25, 0.3) is 5.91 Å². The number of nitrogens with one attached hydrogen (secondary N) is 1. The molecule has 1 N–H and O–H groups in total. The van der Waals surface area contributed by atoms with Crippen molar-refractivity contribution in [3.63, 3.8) is 0 Å². The normalized spacial score (nSPS) is 10.4. The second-order valence-corrected chi connectivity index (χ2v) is 3.91. The predicted molar refractivity (Wildman–Crippen MR) is 68.1 cm³/mol. The maximum absolute atomic E-state index is 12.1. The van der Waals surface area contributed by atoms with Gasteiger partial charge < -0.3 is 10.1 Å². The summed E-state index contributed by atoms with van der Waals surface area (Å²) in [6.07, 6.45) is 2.73. The predicted octanol–water partition coefficient (Wildman–Crippen LogP) is 2.98. The largest absolute Gasteiger partial charge is 0.435 e. The Morgan fingerprint density at radius 3 is 2.75 bits per heavy atom. The highest BCUT2D eigenvalue weighted by molar-refractivity contribution is 6.32. The average Bonchev–Trinajstić information content (AvgIpc) is 2.41. The maximum atomic E-state index is 12.1. The molecule has 8 heteroatoms. The zero-order valence-corrected chi connectivity index (χ0v) is 10.6. The van der Waals surface area contributed by atoms with E-state index in [0.29, 0.717) is 0 Å². The summed E-state index contributed by atoms with van der Waals surface area (Å²) in [6, 6.07) is 5.37. The van der Waals surface area contributed by atoms with E-state index in [0.717, 1.165) is 0 Å². The number of hydrogen-bond donors (Lipinski definition) is 1. The van der Waals surface area contributed by atoms with Gasteiger partial charge in [-0.05, 0) is 18.2 Å². The second-order valence-electron chi connectivity index (χ2n) is 3.56. The van der Waals surface area contributed by atoms with Crippen LogP contribution in [0, 0.1) is 0 Å². The highest BCUT2D eigenvalue weighted by Crippen LogP contribution is 2.19. The summed E-state index contributed by atoms with van der Waals surface area (Å²) in [5.74, 6) is -0.593. The van der Waals surface area contributed by atoms with Crippen LogP contribution in [-0.2, 0) is 0 Å². The van der Waals surface area contributed by atoms with Gasteiger partial charge in [-0.2, -0.15) is 8.78 Å². The second kappa shape index (κ2) is 6.25. The van der Waals surface area contributed by atoms with E-state index in [-0.39, 0.29) is 22.3 Å². The molecule has 5 nitrogen and oxygen atoms in total. The number of hydrogen-bond acceptors (Lipinski definition) is 4. The van der Waals surface area contributed by atoms with E-state index in [1.165, 1.54) is 36.7 Å². The van der Waals surface area contributed by atoms with Gasteiger partial charge in [0.05, 0.1) is 0 Å². The van der Waals surface area contributed by atoms with E-state index < -0.39 is 12.5 Å². The Labute approximate surface area is 117 Å². The van der Waals surface area contributed by atoms with Crippen molar-refractivity contribution in [2.24, 2.45) is 0 Å². The molecule has 0 unspecified atom stereocenters. The highest BCUT2D eigenvalue weighted by atomic mass is 35.5. The molecule has 0 aliphatic heterocycles. The highest BCUT2D eigenvalue weighted by Gasteiger charge is 2.12. The number of ether oxygens (including phenoxy) is 1. The minimum absolute atomic E-state index is 0.0286. The first kappa shape index (κ1) is 14.1. The third kappa shape index (κ3) is 3.61. The van der Waals surface area contributed by atoms with Gasteiger partial charge in [-0.1, -0.05) is 17.7 Å². The SMILES string of the molecule is O=C(Nc1nccnc1Cl)c1cccc(OC(F)F)c1. The first-order valence-electron chi connectivity index (χ1n) is 5.39. The molecule has 1 aromatic carbocycles. The van der Waals surface area contributed by atoms with Crippen molar-refractivity contribution < 1.29 is 18.3 Å². The third-order valence-electron chi connectivity index (χ3n) is 2.21. The molecule has 2 aromatic rings. The summed E-state index contributed by atoms with van der Waals surface area (Å²) >= 11 is 5.74. The summed E-state index contributed by atoms with van der Waals surface area (Å²) in [6.45, 7) is -2.96. The Morgan fingerprint density at radius 2 is 2.05 bits per heavy atom. The average molecular weight is 300 g/mol. The fourth-order valence-electron chi connectivity index (χ4n) is 1.40. The number of carbonyl (C=O) groups is 1. The van der Waals surface area contributed by atoms with E-state index in [1.54, 1.807) is 0 Å². The van der Waals surface area contributed by atoms with Crippen LogP contribution in [0.2, 0.25) is 5.15 Å². The lowest BCUT2D eigenvalue weighted by Crippen LogP contribution is -2.14. The Kier molecular flexibility index (Phi) is 4.41. The van der Waals surface area contributed by atoms with Gasteiger partial charge in [-0.15, -0.1) is 0 Å². The molecule has 0 atom stereocenters. The molecule has 0 aliphatic rings. The lowest BCUT2D eigenvalue weighted by molar-refractivity contribution is -0.0498. The minimum Gasteiger partial charge on any atom is -0.435 e. The van der Waals surface area contributed by atoms with Crippen molar-refractivity contribution in [1.29, 1.82) is 0 Å². The van der Waals surface area contributed by atoms with Gasteiger partial charge in [-0.3, -0.25) is 4.79 Å². The van der Waals surface area contributed by atoms with Crippen molar-refractivity contribution in [2.45, 2.75) is 6.61 Å². The van der Waals surface area contributed by atoms with Crippen LogP contribution in [-0.4, -0.2) is 22.5 Å². The van der Waals surface area contributed by atoms with E-state index in [1.807, 2.05) is 0 Å². The molecule has 104 valence electrons. The Bertz CT molecular complexity index is 625. The molecule has 0 saturated heterocycles. The van der Waals surface area contributed by atoms with Crippen LogP contribution in [0.5, 0.6) is 5.75 Å². The van der Waals surface area contributed by atoms with Crippen LogP contribution in [0.25, 0.3) is 0 Å². The zero-order chi connectivity index (χ0) is 14.5. The van der Waals surface area contributed by atoms with Crippen LogP contribution in [0.3, 0.4) is 0 Å². The number of carbonyl (C=O) groups excluding carboxylic acids is 1. The van der Waals surface area contributed by atoms with Crippen molar-refractivity contribution in [3.05, 3.63) is 47.4 Å². The fourth-order valence-corrected chi connectivity index (χ4v) is 1.55. The Hall–Kier alpha value is -2.28. The summed E-state index contributed by atoms with van der Waals surface area (Å²) < 4.78 is 28.4. The fraction of sp³-hybridized carbons (Fsp3) is 0.0833. The van der Waals surface area contributed by atoms with Crippen molar-refractivity contribution in [2.75, 3.05) is 5.32 Å². The molecular formula is C12H8ClF2N3O2. The molecule has 1 aromatic heterocycles. The molecule has 0 spiro atoms. The zero-order valence-electron chi connectivity index (χ0n) is 9.89. The van der Waals surface area contributed by atoms with Gasteiger partial charge in [0.2, 0.25) is 0 Å². The molecule has 0 aliphatic carbocycles. The number of aromatic nitrogens is 2. The van der Waals surface area contributed by atoms with Crippen LogP contribution in [0.15, 0.2) is 36.7 Å². The quantitative estimate of drug-likeness (QED) is 0.942. The first-order chi connectivity index (χ1) is 9.56. The van der Waals surface area contributed by atoms with Gasteiger partial charge >= 0.3 is 6.61 Å². The molecule has 2 rings (SSSR count). The molecule has 0 bridgehead atoms. The summed E-state index contributed by atoms with van der Waals surface area (Å²) in [4.78, 5) is 19.5. The van der Waals surface area contributed by atoms with Crippen molar-refractivity contribution in [1.82, 2.24) is 9.97 Å². The summed E-state index contributed by atoms with van der Waals surface area (Å²) in [7, 11) is 0. The molecule has 0 saturated carbocycles. The van der Waals surface area contributed by atoms with Gasteiger partial charge in [0.1, 0.15) is 5.75 Å². The van der Waals surface area contributed by atoms with E-state index in [4.69, 9.17) is 11.6 Å². The number of halogens is 3. The molecule has 0 radical (unpaired) electrons. The van der Waals surface area contributed by atoms with Crippen LogP contribution < -0.4 is 10.1 Å². The number of benzene rings is 1. The number of alkyl halides is 2. The Balaban J connectivity index is 2.15. The number of anilines is 1. The van der Waals surface area contributed by atoms with Gasteiger partial charge in [-0.25, -0.2) is 9.97 Å². The third-order valence-corrected chi connectivity index (χ3v) is 2.48. The molecule has 1 amide bonds. The Morgan fingerprint density at radius 1 is 1.30 bits per heavy atom. The number of amides is 1. The molecule has 20 heavy (non-hydrogen) atoms. The lowest BCUT2D eigenvalue weighted by atomic mass is 10.2. The van der Waals surface area contributed by atoms with Gasteiger partial charge in [0.15, 0.2) is 11.0 Å². The molecular weight excluding hydrogens is 292 g/mol. The van der Waals surface area contributed by atoms with Crippen LogP contribution in [0.4, 0.5) is 14.6 Å². The molecule has 0 fully saturated rings. The molecule has 1 heterocycles. The maximum Gasteiger partial charge on any atom is 0.387 e. The van der Waals surface area contributed by atoms with Crippen LogP contribution >= 0.6 is 11.6 Å². The monoisotopic (exact) mass is 299 g/mol. The summed E-state index contributed by atoms with van der Waals surface area (Å²) in [5, 5.41) is 2.45. The number of rotatable bonds is 4. The smallest absolute Gasteiger partial charge is 0.387 e. The van der Waals surface area contributed by atoms with E-state index >= 15 is 0 Å². The van der Waals surface area contributed by atoms with Crippen molar-refractivity contribution >= 4 is 23.3 Å². The van der Waals surface area contributed by atoms with Crippen LogP contribution in [0.1, 0.15) is 10.4 Å². The topological polar surface area (TPSA) is 64.1 Å². The van der Waals surface area contributed by atoms with Crippen molar-refractivity contribution in [3.8, 4) is 5.75 Å². The minimum atomic E-state index is -2.96. The first-order valence-corrected chi connectivity index (χ1v) is 5.77. The van der Waals surface area contributed by atoms with E-state index in [2.05, 4.69) is 20.0 Å². The standard InChI is InChI=1S/C12H8ClF2N3O2/c13-9-10(17-5-4-16-9)18-11(19)7-2-1-3-8(6-7)20-12(14)15/h1-6,12H,(H,17,18,19). The van der Waals surface area contributed by atoms with Gasteiger partial charge in [0, 0.05) is 18.0 Å². The summed E-state index contributed by atoms with van der Waals surface area (Å²) in [5.41, 5.74) is 0.130. The van der Waals surface area contributed by atoms with E-state index in [9.17, 15) is 13.6 Å². The lowest BCUT2D eigenvalue weighted by Gasteiger charge is -2.07. The number of nitrogens with zero attached hydrogens (tertiary/aromatic N) is 2.